The highest BCUT2D eigenvalue weighted by Gasteiger charge is 2.22. The Hall–Kier alpha value is -0.350. The van der Waals surface area contributed by atoms with E-state index in [9.17, 15) is 4.79 Å². The first-order valence-corrected chi connectivity index (χ1v) is 6.48. The summed E-state index contributed by atoms with van der Waals surface area (Å²) in [5.74, 6) is 0.00752. The van der Waals surface area contributed by atoms with Gasteiger partial charge in [-0.15, -0.1) is 11.3 Å². The van der Waals surface area contributed by atoms with E-state index in [-0.39, 0.29) is 17.4 Å². The van der Waals surface area contributed by atoms with E-state index in [0.717, 1.165) is 8.66 Å². The molecule has 1 heterocycles. The average Bonchev–Trinajstić information content (AvgIpc) is 2.50. The van der Waals surface area contributed by atoms with Crippen molar-refractivity contribution < 1.29 is 4.79 Å². The van der Waals surface area contributed by atoms with Crippen molar-refractivity contribution in [2.24, 2.45) is 5.41 Å². The minimum atomic E-state index is 0.00752. The van der Waals surface area contributed by atoms with E-state index in [1.807, 2.05) is 19.1 Å². The van der Waals surface area contributed by atoms with Crippen molar-refractivity contribution in [3.8, 4) is 0 Å². The van der Waals surface area contributed by atoms with Gasteiger partial charge >= 0.3 is 0 Å². The van der Waals surface area contributed by atoms with Crippen molar-refractivity contribution in [2.75, 3.05) is 0 Å². The normalized spacial score (nSPS) is 13.7. The van der Waals surface area contributed by atoms with Crippen molar-refractivity contribution in [3.63, 3.8) is 0 Å². The molecule has 1 N–H and O–H groups in total. The van der Waals surface area contributed by atoms with Crippen LogP contribution in [0, 0.1) is 5.41 Å². The fourth-order valence-corrected chi connectivity index (χ4v) is 2.21. The molecular weight excluding hydrogens is 274 g/mol. The molecule has 0 bridgehead atoms. The predicted octanol–water partition coefficient (Wildman–Crippen LogP) is 3.68. The second-order valence-corrected chi connectivity index (χ2v) is 7.13. The molecule has 0 saturated heterocycles. The van der Waals surface area contributed by atoms with Gasteiger partial charge in [-0.3, -0.25) is 4.79 Å². The van der Waals surface area contributed by atoms with E-state index in [1.165, 1.54) is 11.3 Å². The first-order chi connectivity index (χ1) is 6.80. The van der Waals surface area contributed by atoms with Gasteiger partial charge in [0, 0.05) is 6.04 Å². The van der Waals surface area contributed by atoms with E-state index >= 15 is 0 Å². The molecule has 0 aliphatic heterocycles. The van der Waals surface area contributed by atoms with Gasteiger partial charge in [-0.2, -0.15) is 0 Å². The number of nitrogens with one attached hydrogen (secondary N) is 1. The molecule has 15 heavy (non-hydrogen) atoms. The van der Waals surface area contributed by atoms with E-state index in [0.29, 0.717) is 0 Å². The van der Waals surface area contributed by atoms with Gasteiger partial charge in [0.25, 0.3) is 5.91 Å². The highest BCUT2D eigenvalue weighted by Crippen LogP contribution is 2.23. The van der Waals surface area contributed by atoms with Crippen molar-refractivity contribution in [3.05, 3.63) is 20.8 Å². The molecule has 1 amide bonds. The lowest BCUT2D eigenvalue weighted by Gasteiger charge is -2.27. The van der Waals surface area contributed by atoms with Crippen LogP contribution < -0.4 is 5.32 Å². The zero-order valence-corrected chi connectivity index (χ0v) is 11.8. The number of hydrogen-bond acceptors (Lipinski definition) is 2. The smallest absolute Gasteiger partial charge is 0.261 e. The van der Waals surface area contributed by atoms with E-state index in [2.05, 4.69) is 42.0 Å². The maximum atomic E-state index is 11.8. The van der Waals surface area contributed by atoms with Crippen LogP contribution in [0.1, 0.15) is 37.4 Å². The summed E-state index contributed by atoms with van der Waals surface area (Å²) >= 11 is 4.80. The standard InChI is InChI=1S/C11H16BrNOS/c1-7(11(2,3)4)13-10(14)8-5-6-9(12)15-8/h5-7H,1-4H3,(H,13,14)/t7-/m0/s1. The first-order valence-electron chi connectivity index (χ1n) is 4.87. The first kappa shape index (κ1) is 12.7. The van der Waals surface area contributed by atoms with Gasteiger partial charge in [-0.05, 0) is 40.4 Å². The van der Waals surface area contributed by atoms with Crippen LogP contribution in [0.5, 0.6) is 0 Å². The number of carbonyl (C=O) groups excluding carboxylic acids is 1. The topological polar surface area (TPSA) is 29.1 Å². The zero-order valence-electron chi connectivity index (χ0n) is 9.43. The van der Waals surface area contributed by atoms with Gasteiger partial charge in [0.05, 0.1) is 8.66 Å². The molecule has 0 spiro atoms. The van der Waals surface area contributed by atoms with E-state index < -0.39 is 0 Å². The third-order valence-corrected chi connectivity index (χ3v) is 4.07. The molecule has 1 aromatic rings. The largest absolute Gasteiger partial charge is 0.348 e. The molecule has 0 aromatic carbocycles. The molecule has 84 valence electrons. The maximum Gasteiger partial charge on any atom is 0.261 e. The Morgan fingerprint density at radius 3 is 2.47 bits per heavy atom. The Morgan fingerprint density at radius 2 is 2.07 bits per heavy atom. The van der Waals surface area contributed by atoms with E-state index in [4.69, 9.17) is 0 Å². The Kier molecular flexibility index (Phi) is 3.95. The molecule has 0 radical (unpaired) electrons. The zero-order chi connectivity index (χ0) is 11.6. The molecule has 0 fully saturated rings. The van der Waals surface area contributed by atoms with Gasteiger partial charge in [0.15, 0.2) is 0 Å². The summed E-state index contributed by atoms with van der Waals surface area (Å²) in [6.07, 6.45) is 0. The minimum absolute atomic E-state index is 0.00752. The van der Waals surface area contributed by atoms with Crippen molar-refractivity contribution in [1.82, 2.24) is 5.32 Å². The van der Waals surface area contributed by atoms with Crippen LogP contribution in [0.2, 0.25) is 0 Å². The minimum Gasteiger partial charge on any atom is -0.348 e. The van der Waals surface area contributed by atoms with Crippen LogP contribution in [0.3, 0.4) is 0 Å². The van der Waals surface area contributed by atoms with Crippen LogP contribution in [-0.2, 0) is 0 Å². The van der Waals surface area contributed by atoms with Gasteiger partial charge in [0.1, 0.15) is 0 Å². The Morgan fingerprint density at radius 1 is 1.47 bits per heavy atom. The molecule has 1 rings (SSSR count). The van der Waals surface area contributed by atoms with Gasteiger partial charge in [0.2, 0.25) is 0 Å². The molecule has 0 saturated carbocycles. The summed E-state index contributed by atoms with van der Waals surface area (Å²) < 4.78 is 0.982. The van der Waals surface area contributed by atoms with Crippen LogP contribution in [0.4, 0.5) is 0 Å². The highest BCUT2D eigenvalue weighted by atomic mass is 79.9. The highest BCUT2D eigenvalue weighted by molar-refractivity contribution is 9.11. The third-order valence-electron chi connectivity index (χ3n) is 2.44. The number of amides is 1. The molecule has 0 unspecified atom stereocenters. The Bertz CT molecular complexity index is 354. The summed E-state index contributed by atoms with van der Waals surface area (Å²) in [7, 11) is 0. The second-order valence-electron chi connectivity index (χ2n) is 4.66. The average molecular weight is 290 g/mol. The maximum absolute atomic E-state index is 11.8. The van der Waals surface area contributed by atoms with Crippen LogP contribution >= 0.6 is 27.3 Å². The van der Waals surface area contributed by atoms with Crippen LogP contribution in [0.25, 0.3) is 0 Å². The van der Waals surface area contributed by atoms with Crippen molar-refractivity contribution in [1.29, 1.82) is 0 Å². The summed E-state index contributed by atoms with van der Waals surface area (Å²) in [5.41, 5.74) is 0.0875. The SMILES string of the molecule is C[C@H](NC(=O)c1ccc(Br)s1)C(C)(C)C. The molecule has 0 aliphatic rings. The predicted molar refractivity (Wildman–Crippen MR) is 68.4 cm³/mol. The lowest BCUT2D eigenvalue weighted by atomic mass is 9.88. The molecular formula is C11H16BrNOS. The Balaban J connectivity index is 2.64. The monoisotopic (exact) mass is 289 g/mol. The number of halogens is 1. The molecule has 1 aromatic heterocycles. The molecule has 0 aliphatic carbocycles. The molecule has 1 atom stereocenters. The number of carbonyl (C=O) groups is 1. The lowest BCUT2D eigenvalue weighted by molar-refractivity contribution is 0.0914. The van der Waals surface area contributed by atoms with Gasteiger partial charge in [-0.25, -0.2) is 0 Å². The molecule has 4 heteroatoms. The van der Waals surface area contributed by atoms with E-state index in [1.54, 1.807) is 0 Å². The van der Waals surface area contributed by atoms with Crippen molar-refractivity contribution in [2.45, 2.75) is 33.7 Å². The third kappa shape index (κ3) is 3.61. The summed E-state index contributed by atoms with van der Waals surface area (Å²) in [4.78, 5) is 12.5. The van der Waals surface area contributed by atoms with Gasteiger partial charge in [-0.1, -0.05) is 20.8 Å². The van der Waals surface area contributed by atoms with Crippen molar-refractivity contribution >= 4 is 33.2 Å². The number of thiophene rings is 1. The number of hydrogen-bond donors (Lipinski definition) is 1. The van der Waals surface area contributed by atoms with Gasteiger partial charge < -0.3 is 5.32 Å². The Labute approximate surface area is 103 Å². The fourth-order valence-electron chi connectivity index (χ4n) is 0.921. The molecule has 2 nitrogen and oxygen atoms in total. The van der Waals surface area contributed by atoms with Crippen LogP contribution in [-0.4, -0.2) is 11.9 Å². The summed E-state index contributed by atoms with van der Waals surface area (Å²) in [5, 5.41) is 3.00. The van der Waals surface area contributed by atoms with Crippen LogP contribution in [0.15, 0.2) is 15.9 Å². The second kappa shape index (κ2) is 4.66. The lowest BCUT2D eigenvalue weighted by Crippen LogP contribution is -2.41. The number of rotatable bonds is 2. The fraction of sp³-hybridized carbons (Fsp3) is 0.545. The summed E-state index contributed by atoms with van der Waals surface area (Å²) in [6, 6.07) is 3.88. The summed E-state index contributed by atoms with van der Waals surface area (Å²) in [6.45, 7) is 8.37. The quantitative estimate of drug-likeness (QED) is 0.884.